The van der Waals surface area contributed by atoms with Gasteiger partial charge in [0.05, 0.1) is 29.5 Å². The van der Waals surface area contributed by atoms with E-state index in [-0.39, 0.29) is 35.7 Å². The van der Waals surface area contributed by atoms with Gasteiger partial charge >= 0.3 is 0 Å². The van der Waals surface area contributed by atoms with E-state index in [2.05, 4.69) is 5.32 Å². The SMILES string of the molecule is COc1cc([N+](=O)[O-])ccc1NC(=O)C[C@@H]1SC(=Nc2ccccc2C)N(C2CC2)C1=O. The molecule has 1 N–H and O–H groups in total. The minimum absolute atomic E-state index is 0.0420. The van der Waals surface area contributed by atoms with Crippen LogP contribution in [0.4, 0.5) is 17.1 Å². The second-order valence-corrected chi connectivity index (χ2v) is 8.79. The summed E-state index contributed by atoms with van der Waals surface area (Å²) < 4.78 is 5.16. The zero-order valence-corrected chi connectivity index (χ0v) is 18.4. The van der Waals surface area contributed by atoms with Crippen LogP contribution in [0, 0.1) is 17.0 Å². The molecule has 1 aliphatic carbocycles. The average molecular weight is 455 g/mol. The molecule has 2 amide bonds. The minimum atomic E-state index is -0.581. The highest BCUT2D eigenvalue weighted by molar-refractivity contribution is 8.15. The number of benzene rings is 2. The van der Waals surface area contributed by atoms with E-state index >= 15 is 0 Å². The average Bonchev–Trinajstić information content (AvgIpc) is 3.55. The number of nitrogens with zero attached hydrogens (tertiary/aromatic N) is 3. The predicted octanol–water partition coefficient (Wildman–Crippen LogP) is 4.03. The first-order valence-electron chi connectivity index (χ1n) is 10.1. The molecule has 1 atom stereocenters. The molecule has 10 heteroatoms. The highest BCUT2D eigenvalue weighted by atomic mass is 32.2. The number of ether oxygens (including phenoxy) is 1. The van der Waals surface area contributed by atoms with Crippen molar-refractivity contribution in [2.24, 2.45) is 4.99 Å². The number of rotatable bonds is 7. The smallest absolute Gasteiger partial charge is 0.273 e. The molecule has 1 saturated heterocycles. The molecule has 0 radical (unpaired) electrons. The third-order valence-electron chi connectivity index (χ3n) is 5.25. The van der Waals surface area contributed by atoms with Crippen LogP contribution < -0.4 is 10.1 Å². The largest absolute Gasteiger partial charge is 0.494 e. The van der Waals surface area contributed by atoms with E-state index < -0.39 is 10.2 Å². The van der Waals surface area contributed by atoms with Crippen molar-refractivity contribution < 1.29 is 19.2 Å². The van der Waals surface area contributed by atoms with Crippen molar-refractivity contribution >= 4 is 45.8 Å². The lowest BCUT2D eigenvalue weighted by atomic mass is 10.2. The third-order valence-corrected chi connectivity index (χ3v) is 6.40. The minimum Gasteiger partial charge on any atom is -0.494 e. The molecule has 2 fully saturated rings. The van der Waals surface area contributed by atoms with E-state index in [0.29, 0.717) is 10.9 Å². The van der Waals surface area contributed by atoms with E-state index in [0.717, 1.165) is 24.1 Å². The number of non-ortho nitro benzene ring substituents is 1. The van der Waals surface area contributed by atoms with Crippen LogP contribution in [-0.2, 0) is 9.59 Å². The fraction of sp³-hybridized carbons (Fsp3) is 0.318. The second-order valence-electron chi connectivity index (χ2n) is 7.62. The molecular weight excluding hydrogens is 432 g/mol. The number of aliphatic imine (C=N–C) groups is 1. The molecule has 0 bridgehead atoms. The lowest BCUT2D eigenvalue weighted by Gasteiger charge is -2.15. The Morgan fingerprint density at radius 1 is 1.31 bits per heavy atom. The fourth-order valence-electron chi connectivity index (χ4n) is 3.42. The van der Waals surface area contributed by atoms with E-state index in [9.17, 15) is 19.7 Å². The summed E-state index contributed by atoms with van der Waals surface area (Å²) in [5.41, 5.74) is 1.98. The normalized spacial score (nSPS) is 19.3. The highest BCUT2D eigenvalue weighted by Crippen LogP contribution is 2.40. The standard InChI is InChI=1S/C22H22N4O5S/c1-13-5-3-4-6-16(13)24-22-25(14-7-8-14)21(28)19(32-22)12-20(27)23-17-10-9-15(26(29)30)11-18(17)31-2/h3-6,9-11,14,19H,7-8,12H2,1-2H3,(H,23,27)/t19-/m0/s1. The quantitative estimate of drug-likeness (QED) is 0.499. The van der Waals surface area contributed by atoms with Gasteiger partial charge in [0.2, 0.25) is 11.8 Å². The molecule has 1 heterocycles. The number of para-hydroxylation sites is 1. The van der Waals surface area contributed by atoms with Crippen molar-refractivity contribution in [1.82, 2.24) is 4.90 Å². The van der Waals surface area contributed by atoms with Crippen LogP contribution in [0.5, 0.6) is 5.75 Å². The summed E-state index contributed by atoms with van der Waals surface area (Å²) in [4.78, 5) is 42.6. The van der Waals surface area contributed by atoms with Crippen molar-refractivity contribution in [3.8, 4) is 5.75 Å². The van der Waals surface area contributed by atoms with Crippen molar-refractivity contribution in [1.29, 1.82) is 0 Å². The second kappa shape index (κ2) is 8.99. The number of anilines is 1. The van der Waals surface area contributed by atoms with Crippen LogP contribution in [0.2, 0.25) is 0 Å². The van der Waals surface area contributed by atoms with Crippen molar-refractivity contribution in [2.45, 2.75) is 37.5 Å². The molecule has 32 heavy (non-hydrogen) atoms. The van der Waals surface area contributed by atoms with Gasteiger partial charge in [0.15, 0.2) is 5.17 Å². The predicted molar refractivity (Wildman–Crippen MR) is 122 cm³/mol. The van der Waals surface area contributed by atoms with Crippen molar-refractivity contribution in [3.05, 3.63) is 58.1 Å². The first kappa shape index (κ1) is 21.8. The number of nitro benzene ring substituents is 1. The van der Waals surface area contributed by atoms with Gasteiger partial charge in [-0.25, -0.2) is 4.99 Å². The summed E-state index contributed by atoms with van der Waals surface area (Å²) >= 11 is 1.30. The number of aryl methyl sites for hydroxylation is 1. The maximum absolute atomic E-state index is 13.0. The Morgan fingerprint density at radius 2 is 2.06 bits per heavy atom. The zero-order chi connectivity index (χ0) is 22.8. The molecule has 1 saturated carbocycles. The van der Waals surface area contributed by atoms with Crippen LogP contribution >= 0.6 is 11.8 Å². The Bertz CT molecular complexity index is 1120. The molecule has 166 valence electrons. The Kier molecular flexibility index (Phi) is 6.13. The third kappa shape index (κ3) is 4.59. The maximum Gasteiger partial charge on any atom is 0.273 e. The summed E-state index contributed by atoms with van der Waals surface area (Å²) in [5, 5.41) is 13.7. The number of nitro groups is 1. The lowest BCUT2D eigenvalue weighted by Crippen LogP contribution is -2.35. The zero-order valence-electron chi connectivity index (χ0n) is 17.6. The van der Waals surface area contributed by atoms with Gasteiger partial charge in [0.1, 0.15) is 11.0 Å². The fourth-order valence-corrected chi connectivity index (χ4v) is 4.63. The Balaban J connectivity index is 1.50. The molecule has 4 rings (SSSR count). The van der Waals surface area contributed by atoms with E-state index in [4.69, 9.17) is 9.73 Å². The first-order valence-corrected chi connectivity index (χ1v) is 11.0. The van der Waals surface area contributed by atoms with Crippen LogP contribution in [0.25, 0.3) is 0 Å². The Hall–Kier alpha value is -3.40. The number of amides is 2. The van der Waals surface area contributed by atoms with Gasteiger partial charge in [0, 0.05) is 18.5 Å². The van der Waals surface area contributed by atoms with Crippen LogP contribution in [0.1, 0.15) is 24.8 Å². The molecule has 2 aromatic carbocycles. The Labute approximate surface area is 189 Å². The van der Waals surface area contributed by atoms with E-state index in [1.807, 2.05) is 31.2 Å². The summed E-state index contributed by atoms with van der Waals surface area (Å²) in [7, 11) is 1.37. The molecule has 2 aromatic rings. The number of carbonyl (C=O) groups is 2. The monoisotopic (exact) mass is 454 g/mol. The van der Waals surface area contributed by atoms with Gasteiger partial charge in [-0.05, 0) is 37.5 Å². The summed E-state index contributed by atoms with van der Waals surface area (Å²) in [5.74, 6) is -0.314. The molecule has 2 aliphatic rings. The van der Waals surface area contributed by atoms with E-state index in [1.165, 1.54) is 37.1 Å². The van der Waals surface area contributed by atoms with Crippen LogP contribution in [0.3, 0.4) is 0 Å². The van der Waals surface area contributed by atoms with Crippen LogP contribution in [-0.4, -0.2) is 45.2 Å². The van der Waals surface area contributed by atoms with Gasteiger partial charge in [0.25, 0.3) is 5.69 Å². The molecule has 9 nitrogen and oxygen atoms in total. The van der Waals surface area contributed by atoms with Gasteiger partial charge in [-0.2, -0.15) is 0 Å². The van der Waals surface area contributed by atoms with Gasteiger partial charge < -0.3 is 10.1 Å². The topological polar surface area (TPSA) is 114 Å². The number of amidine groups is 1. The number of methoxy groups -OCH3 is 1. The van der Waals surface area contributed by atoms with Crippen molar-refractivity contribution in [3.63, 3.8) is 0 Å². The number of hydrogen-bond acceptors (Lipinski definition) is 7. The highest BCUT2D eigenvalue weighted by Gasteiger charge is 2.46. The van der Waals surface area contributed by atoms with Crippen LogP contribution in [0.15, 0.2) is 47.5 Å². The Morgan fingerprint density at radius 3 is 2.72 bits per heavy atom. The number of thioether (sulfide) groups is 1. The number of hydrogen-bond donors (Lipinski definition) is 1. The maximum atomic E-state index is 13.0. The van der Waals surface area contributed by atoms with Gasteiger partial charge in [-0.1, -0.05) is 30.0 Å². The molecule has 0 spiro atoms. The van der Waals surface area contributed by atoms with Crippen molar-refractivity contribution in [2.75, 3.05) is 12.4 Å². The lowest BCUT2D eigenvalue weighted by molar-refractivity contribution is -0.384. The van der Waals surface area contributed by atoms with E-state index in [1.54, 1.807) is 4.90 Å². The molecular formula is C22H22N4O5S. The first-order chi connectivity index (χ1) is 15.4. The molecule has 1 aliphatic heterocycles. The summed E-state index contributed by atoms with van der Waals surface area (Å²) in [6.07, 6.45) is 1.82. The number of nitrogens with one attached hydrogen (secondary N) is 1. The van der Waals surface area contributed by atoms with Gasteiger partial charge in [-0.15, -0.1) is 0 Å². The number of carbonyl (C=O) groups excluding carboxylic acids is 2. The molecule has 0 unspecified atom stereocenters. The summed E-state index contributed by atoms with van der Waals surface area (Å²) in [6, 6.07) is 11.8. The van der Waals surface area contributed by atoms with Gasteiger partial charge in [-0.3, -0.25) is 24.6 Å². The summed E-state index contributed by atoms with van der Waals surface area (Å²) in [6.45, 7) is 1.96. The molecule has 0 aromatic heterocycles.